The van der Waals surface area contributed by atoms with Gasteiger partial charge in [0, 0.05) is 12.6 Å². The van der Waals surface area contributed by atoms with Gasteiger partial charge in [-0.3, -0.25) is 4.99 Å². The van der Waals surface area contributed by atoms with Crippen molar-refractivity contribution in [3.63, 3.8) is 0 Å². The summed E-state index contributed by atoms with van der Waals surface area (Å²) in [5.74, 6) is 1.79. The van der Waals surface area contributed by atoms with Crippen molar-refractivity contribution in [3.05, 3.63) is 42.0 Å². The zero-order valence-electron chi connectivity index (χ0n) is 11.8. The third-order valence-electron chi connectivity index (χ3n) is 3.48. The van der Waals surface area contributed by atoms with E-state index in [0.29, 0.717) is 6.04 Å². The molecule has 3 rings (SSSR count). The Kier molecular flexibility index (Phi) is 3.46. The highest BCUT2D eigenvalue weighted by Crippen LogP contribution is 2.21. The van der Waals surface area contributed by atoms with Crippen LogP contribution in [-0.2, 0) is 6.54 Å². The number of aliphatic imine (C=N–C) groups is 1. The van der Waals surface area contributed by atoms with Crippen LogP contribution in [0, 0.1) is 0 Å². The molecular formula is C16H19N3O. The molecule has 0 radical (unpaired) electrons. The van der Waals surface area contributed by atoms with Crippen molar-refractivity contribution >= 4 is 16.7 Å². The molecule has 104 valence electrons. The molecule has 0 aliphatic carbocycles. The first kappa shape index (κ1) is 12.8. The van der Waals surface area contributed by atoms with Crippen LogP contribution in [0.25, 0.3) is 10.8 Å². The number of ether oxygens (including phenoxy) is 1. The molecule has 2 aromatic carbocycles. The van der Waals surface area contributed by atoms with Crippen LogP contribution in [0.15, 0.2) is 41.4 Å². The maximum Gasteiger partial charge on any atom is 0.191 e. The van der Waals surface area contributed by atoms with Crippen molar-refractivity contribution in [1.82, 2.24) is 10.6 Å². The van der Waals surface area contributed by atoms with Crippen LogP contribution in [0.4, 0.5) is 0 Å². The molecule has 0 saturated heterocycles. The van der Waals surface area contributed by atoms with E-state index in [2.05, 4.69) is 52.9 Å². The summed E-state index contributed by atoms with van der Waals surface area (Å²) >= 11 is 0. The Morgan fingerprint density at radius 3 is 2.80 bits per heavy atom. The lowest BCUT2D eigenvalue weighted by atomic mass is 10.1. The fraction of sp³-hybridized carbons (Fsp3) is 0.312. The van der Waals surface area contributed by atoms with Crippen molar-refractivity contribution in [1.29, 1.82) is 0 Å². The monoisotopic (exact) mass is 269 g/mol. The van der Waals surface area contributed by atoms with Crippen LogP contribution in [0.5, 0.6) is 5.75 Å². The minimum atomic E-state index is 0.432. The molecule has 1 heterocycles. The van der Waals surface area contributed by atoms with Gasteiger partial charge in [0.15, 0.2) is 5.96 Å². The predicted octanol–water partition coefficient (Wildman–Crippen LogP) is 2.29. The van der Waals surface area contributed by atoms with Gasteiger partial charge < -0.3 is 15.4 Å². The zero-order chi connectivity index (χ0) is 13.9. The number of nitrogens with zero attached hydrogens (tertiary/aromatic N) is 1. The molecule has 0 amide bonds. The molecule has 0 fully saturated rings. The second-order valence-electron chi connectivity index (χ2n) is 5.14. The molecule has 1 aliphatic rings. The first-order chi connectivity index (χ1) is 9.74. The summed E-state index contributed by atoms with van der Waals surface area (Å²) < 4.78 is 5.24. The van der Waals surface area contributed by atoms with Gasteiger partial charge in [0.1, 0.15) is 5.75 Å². The van der Waals surface area contributed by atoms with Crippen LogP contribution in [0.1, 0.15) is 12.5 Å². The van der Waals surface area contributed by atoms with Crippen molar-refractivity contribution < 1.29 is 4.74 Å². The van der Waals surface area contributed by atoms with Gasteiger partial charge in [0.05, 0.1) is 13.7 Å². The van der Waals surface area contributed by atoms with E-state index in [4.69, 9.17) is 4.74 Å². The lowest BCUT2D eigenvalue weighted by Gasteiger charge is -2.10. The molecule has 1 unspecified atom stereocenters. The number of benzene rings is 2. The maximum absolute atomic E-state index is 5.24. The van der Waals surface area contributed by atoms with Gasteiger partial charge in [-0.2, -0.15) is 0 Å². The summed E-state index contributed by atoms with van der Waals surface area (Å²) in [5.41, 5.74) is 1.24. The van der Waals surface area contributed by atoms with Gasteiger partial charge >= 0.3 is 0 Å². The molecule has 2 N–H and O–H groups in total. The molecule has 0 bridgehead atoms. The van der Waals surface area contributed by atoms with Gasteiger partial charge in [0.25, 0.3) is 0 Å². The largest absolute Gasteiger partial charge is 0.497 e. The number of methoxy groups -OCH3 is 1. The smallest absolute Gasteiger partial charge is 0.191 e. The van der Waals surface area contributed by atoms with E-state index >= 15 is 0 Å². The highest BCUT2D eigenvalue weighted by atomic mass is 16.5. The van der Waals surface area contributed by atoms with Gasteiger partial charge in [-0.25, -0.2) is 0 Å². The molecule has 2 aromatic rings. The number of nitrogens with one attached hydrogen (secondary N) is 2. The van der Waals surface area contributed by atoms with Crippen LogP contribution in [-0.4, -0.2) is 25.7 Å². The van der Waals surface area contributed by atoms with E-state index < -0.39 is 0 Å². The van der Waals surface area contributed by atoms with E-state index in [0.717, 1.165) is 24.8 Å². The average molecular weight is 269 g/mol. The quantitative estimate of drug-likeness (QED) is 0.898. The van der Waals surface area contributed by atoms with Crippen LogP contribution < -0.4 is 15.4 Å². The lowest BCUT2D eigenvalue weighted by molar-refractivity contribution is 0.415. The summed E-state index contributed by atoms with van der Waals surface area (Å²) in [5, 5.41) is 9.04. The number of guanidine groups is 1. The standard InChI is InChI=1S/C16H19N3O/c1-11-9-17-16(19-11)18-10-12-3-4-14-8-15(20-2)6-5-13(14)7-12/h3-8,11H,9-10H2,1-2H3,(H2,17,18,19). The van der Waals surface area contributed by atoms with Crippen molar-refractivity contribution in [2.75, 3.05) is 13.7 Å². The van der Waals surface area contributed by atoms with E-state index in [1.807, 2.05) is 6.07 Å². The van der Waals surface area contributed by atoms with Crippen LogP contribution >= 0.6 is 0 Å². The summed E-state index contributed by atoms with van der Waals surface area (Å²) in [6.07, 6.45) is 0. The summed E-state index contributed by atoms with van der Waals surface area (Å²) in [4.78, 5) is 4.39. The molecule has 1 aliphatic heterocycles. The molecule has 0 aromatic heterocycles. The van der Waals surface area contributed by atoms with Crippen molar-refractivity contribution in [2.45, 2.75) is 19.5 Å². The molecule has 4 heteroatoms. The molecule has 4 nitrogen and oxygen atoms in total. The van der Waals surface area contributed by atoms with Gasteiger partial charge in [-0.15, -0.1) is 0 Å². The Labute approximate surface area is 118 Å². The zero-order valence-corrected chi connectivity index (χ0v) is 11.8. The fourth-order valence-corrected chi connectivity index (χ4v) is 2.36. The lowest BCUT2D eigenvalue weighted by Crippen LogP contribution is -2.37. The third kappa shape index (κ3) is 2.69. The third-order valence-corrected chi connectivity index (χ3v) is 3.48. The Morgan fingerprint density at radius 1 is 1.25 bits per heavy atom. The Hall–Kier alpha value is -2.23. The highest BCUT2D eigenvalue weighted by Gasteiger charge is 2.11. The SMILES string of the molecule is COc1ccc2cc(CNC3=NCC(C)N3)ccc2c1. The summed E-state index contributed by atoms with van der Waals surface area (Å²) in [6.45, 7) is 3.75. The predicted molar refractivity (Wildman–Crippen MR) is 82.2 cm³/mol. The number of rotatable bonds is 3. The topological polar surface area (TPSA) is 45.6 Å². The molecule has 1 atom stereocenters. The number of fused-ring (bicyclic) bond motifs is 1. The minimum absolute atomic E-state index is 0.432. The Bertz CT molecular complexity index is 651. The first-order valence-electron chi connectivity index (χ1n) is 6.86. The van der Waals surface area contributed by atoms with Crippen LogP contribution in [0.3, 0.4) is 0 Å². The second-order valence-corrected chi connectivity index (χ2v) is 5.14. The van der Waals surface area contributed by atoms with Gasteiger partial charge in [-0.1, -0.05) is 18.2 Å². The average Bonchev–Trinajstić information content (AvgIpc) is 2.90. The van der Waals surface area contributed by atoms with E-state index in [1.165, 1.54) is 16.3 Å². The van der Waals surface area contributed by atoms with Gasteiger partial charge in [0.2, 0.25) is 0 Å². The maximum atomic E-state index is 5.24. The minimum Gasteiger partial charge on any atom is -0.497 e. The van der Waals surface area contributed by atoms with Gasteiger partial charge in [-0.05, 0) is 41.5 Å². The molecule has 0 saturated carbocycles. The van der Waals surface area contributed by atoms with Crippen molar-refractivity contribution in [3.8, 4) is 5.75 Å². The Morgan fingerprint density at radius 2 is 2.05 bits per heavy atom. The number of hydrogen-bond donors (Lipinski definition) is 2. The second kappa shape index (κ2) is 5.41. The molecule has 0 spiro atoms. The highest BCUT2D eigenvalue weighted by molar-refractivity contribution is 5.85. The molecule has 20 heavy (non-hydrogen) atoms. The normalized spacial score (nSPS) is 17.7. The fourth-order valence-electron chi connectivity index (χ4n) is 2.36. The van der Waals surface area contributed by atoms with Crippen LogP contribution in [0.2, 0.25) is 0 Å². The van der Waals surface area contributed by atoms with Crippen molar-refractivity contribution in [2.24, 2.45) is 4.99 Å². The Balaban J connectivity index is 1.72. The summed E-state index contributed by atoms with van der Waals surface area (Å²) in [7, 11) is 1.69. The first-order valence-corrected chi connectivity index (χ1v) is 6.86. The molecular weight excluding hydrogens is 250 g/mol. The van der Waals surface area contributed by atoms with E-state index in [1.54, 1.807) is 7.11 Å². The number of hydrogen-bond acceptors (Lipinski definition) is 4. The summed E-state index contributed by atoms with van der Waals surface area (Å²) in [6, 6.07) is 13.0. The van der Waals surface area contributed by atoms with E-state index in [9.17, 15) is 0 Å². The van der Waals surface area contributed by atoms with E-state index in [-0.39, 0.29) is 0 Å².